The third-order valence-corrected chi connectivity index (χ3v) is 4.51. The average Bonchev–Trinajstić information content (AvgIpc) is 3.01. The van der Waals surface area contributed by atoms with Crippen molar-refractivity contribution in [3.63, 3.8) is 0 Å². The standard InChI is InChI=1S/C18H18N2O3/c21-11-12-9-20(10-12)18(22)16-6-15(7-19-8-16)13-1-2-17-14(5-13)3-4-23-17/h1-2,5-8,12,21H,3-4,9-11H2. The minimum absolute atomic E-state index is 0.0199. The van der Waals surface area contributed by atoms with Crippen LogP contribution in [0.15, 0.2) is 36.7 Å². The number of rotatable bonds is 3. The van der Waals surface area contributed by atoms with Gasteiger partial charge in [-0.05, 0) is 29.3 Å². The second kappa shape index (κ2) is 5.66. The van der Waals surface area contributed by atoms with Crippen LogP contribution in [-0.4, -0.2) is 47.2 Å². The Morgan fingerprint density at radius 1 is 1.26 bits per heavy atom. The molecule has 5 heteroatoms. The minimum atomic E-state index is -0.0199. The molecule has 1 aromatic carbocycles. The Bertz CT molecular complexity index is 754. The molecule has 1 amide bonds. The summed E-state index contributed by atoms with van der Waals surface area (Å²) >= 11 is 0. The van der Waals surface area contributed by atoms with Crippen molar-refractivity contribution in [2.24, 2.45) is 5.92 Å². The quantitative estimate of drug-likeness (QED) is 0.938. The highest BCUT2D eigenvalue weighted by atomic mass is 16.5. The van der Waals surface area contributed by atoms with Crippen LogP contribution in [0.3, 0.4) is 0 Å². The van der Waals surface area contributed by atoms with Gasteiger partial charge in [0.05, 0.1) is 12.2 Å². The van der Waals surface area contributed by atoms with Gasteiger partial charge in [-0.3, -0.25) is 9.78 Å². The number of ether oxygens (including phenoxy) is 1. The first kappa shape index (κ1) is 14.2. The summed E-state index contributed by atoms with van der Waals surface area (Å²) < 4.78 is 5.53. The zero-order valence-corrected chi connectivity index (χ0v) is 12.7. The number of hydrogen-bond acceptors (Lipinski definition) is 4. The van der Waals surface area contributed by atoms with Gasteiger partial charge in [0.2, 0.25) is 0 Å². The third-order valence-electron chi connectivity index (χ3n) is 4.51. The number of hydrogen-bond donors (Lipinski definition) is 1. The summed E-state index contributed by atoms with van der Waals surface area (Å²) in [5.74, 6) is 1.14. The van der Waals surface area contributed by atoms with E-state index in [1.54, 1.807) is 17.3 Å². The van der Waals surface area contributed by atoms with Crippen LogP contribution >= 0.6 is 0 Å². The van der Waals surface area contributed by atoms with Crippen LogP contribution in [0.4, 0.5) is 0 Å². The summed E-state index contributed by atoms with van der Waals surface area (Å²) in [6.45, 7) is 2.11. The van der Waals surface area contributed by atoms with E-state index >= 15 is 0 Å². The largest absolute Gasteiger partial charge is 0.493 e. The number of aliphatic hydroxyl groups excluding tert-OH is 1. The van der Waals surface area contributed by atoms with E-state index in [0.717, 1.165) is 29.9 Å². The number of nitrogens with zero attached hydrogens (tertiary/aromatic N) is 2. The van der Waals surface area contributed by atoms with Gasteiger partial charge in [0.25, 0.3) is 5.91 Å². The fourth-order valence-electron chi connectivity index (χ4n) is 3.11. The molecule has 4 rings (SSSR count). The van der Waals surface area contributed by atoms with Crippen molar-refractivity contribution in [1.29, 1.82) is 0 Å². The number of carbonyl (C=O) groups is 1. The summed E-state index contributed by atoms with van der Waals surface area (Å²) in [7, 11) is 0. The minimum Gasteiger partial charge on any atom is -0.493 e. The molecule has 1 N–H and O–H groups in total. The number of aliphatic hydroxyl groups is 1. The van der Waals surface area contributed by atoms with Crippen molar-refractivity contribution < 1.29 is 14.6 Å². The van der Waals surface area contributed by atoms with Gasteiger partial charge in [0.15, 0.2) is 0 Å². The van der Waals surface area contributed by atoms with Crippen molar-refractivity contribution in [3.05, 3.63) is 47.8 Å². The normalized spacial score (nSPS) is 16.7. The number of amides is 1. The van der Waals surface area contributed by atoms with Gasteiger partial charge < -0.3 is 14.7 Å². The second-order valence-corrected chi connectivity index (χ2v) is 6.14. The molecule has 0 atom stereocenters. The summed E-state index contributed by atoms with van der Waals surface area (Å²) in [6, 6.07) is 7.98. The molecule has 1 aromatic heterocycles. The van der Waals surface area contributed by atoms with Crippen molar-refractivity contribution >= 4 is 5.91 Å². The van der Waals surface area contributed by atoms with E-state index in [1.165, 1.54) is 5.56 Å². The topological polar surface area (TPSA) is 62.7 Å². The van der Waals surface area contributed by atoms with Gasteiger partial charge in [-0.25, -0.2) is 0 Å². The summed E-state index contributed by atoms with van der Waals surface area (Å²) in [5, 5.41) is 9.07. The monoisotopic (exact) mass is 310 g/mol. The lowest BCUT2D eigenvalue weighted by Gasteiger charge is -2.38. The van der Waals surface area contributed by atoms with Crippen molar-refractivity contribution in [3.8, 4) is 16.9 Å². The molecule has 0 radical (unpaired) electrons. The number of fused-ring (bicyclic) bond motifs is 1. The molecule has 5 nitrogen and oxygen atoms in total. The zero-order chi connectivity index (χ0) is 15.8. The molecular formula is C18H18N2O3. The van der Waals surface area contributed by atoms with Gasteiger partial charge in [-0.15, -0.1) is 0 Å². The first-order valence-corrected chi connectivity index (χ1v) is 7.86. The van der Waals surface area contributed by atoms with Crippen molar-refractivity contribution in [1.82, 2.24) is 9.88 Å². The van der Waals surface area contributed by atoms with Crippen molar-refractivity contribution in [2.45, 2.75) is 6.42 Å². The van der Waals surface area contributed by atoms with Crippen LogP contribution in [0.25, 0.3) is 11.1 Å². The van der Waals surface area contributed by atoms with Crippen LogP contribution in [0.5, 0.6) is 5.75 Å². The zero-order valence-electron chi connectivity index (χ0n) is 12.7. The van der Waals surface area contributed by atoms with Gasteiger partial charge >= 0.3 is 0 Å². The maximum absolute atomic E-state index is 12.4. The summed E-state index contributed by atoms with van der Waals surface area (Å²) in [4.78, 5) is 18.4. The van der Waals surface area contributed by atoms with E-state index in [1.807, 2.05) is 18.2 Å². The number of pyridine rings is 1. The van der Waals surface area contributed by atoms with E-state index in [-0.39, 0.29) is 18.4 Å². The first-order chi connectivity index (χ1) is 11.2. The van der Waals surface area contributed by atoms with E-state index in [4.69, 9.17) is 9.84 Å². The molecule has 1 fully saturated rings. The lowest BCUT2D eigenvalue weighted by Crippen LogP contribution is -2.51. The first-order valence-electron chi connectivity index (χ1n) is 7.86. The third kappa shape index (κ3) is 2.57. The van der Waals surface area contributed by atoms with Gasteiger partial charge in [0.1, 0.15) is 5.75 Å². The SMILES string of the molecule is O=C(c1cncc(-c2ccc3c(c2)CCO3)c1)N1CC(CO)C1. The molecule has 118 valence electrons. The highest BCUT2D eigenvalue weighted by Crippen LogP contribution is 2.30. The lowest BCUT2D eigenvalue weighted by molar-refractivity contribution is 0.0361. The highest BCUT2D eigenvalue weighted by molar-refractivity contribution is 5.95. The summed E-state index contributed by atoms with van der Waals surface area (Å²) in [5.41, 5.74) is 3.78. The van der Waals surface area contributed by atoms with Crippen LogP contribution in [0.1, 0.15) is 15.9 Å². The molecule has 0 unspecified atom stereocenters. The molecule has 2 aromatic rings. The Morgan fingerprint density at radius 3 is 2.96 bits per heavy atom. The Kier molecular flexibility index (Phi) is 3.50. The predicted molar refractivity (Wildman–Crippen MR) is 85.4 cm³/mol. The number of benzene rings is 1. The smallest absolute Gasteiger partial charge is 0.255 e. The van der Waals surface area contributed by atoms with Crippen LogP contribution in [0, 0.1) is 5.92 Å². The maximum Gasteiger partial charge on any atom is 0.255 e. The molecule has 0 bridgehead atoms. The summed E-state index contributed by atoms with van der Waals surface area (Å²) in [6.07, 6.45) is 4.31. The number of likely N-dealkylation sites (tertiary alicyclic amines) is 1. The molecule has 3 heterocycles. The molecule has 0 saturated carbocycles. The van der Waals surface area contributed by atoms with E-state index in [2.05, 4.69) is 11.1 Å². The molecule has 1 saturated heterocycles. The molecule has 0 aliphatic carbocycles. The molecular weight excluding hydrogens is 292 g/mol. The van der Waals surface area contributed by atoms with Gasteiger partial charge in [-0.1, -0.05) is 6.07 Å². The molecule has 2 aliphatic rings. The average molecular weight is 310 g/mol. The van der Waals surface area contributed by atoms with Crippen LogP contribution in [0.2, 0.25) is 0 Å². The van der Waals surface area contributed by atoms with Crippen LogP contribution in [-0.2, 0) is 6.42 Å². The van der Waals surface area contributed by atoms with E-state index in [9.17, 15) is 4.79 Å². The fourth-order valence-corrected chi connectivity index (χ4v) is 3.11. The maximum atomic E-state index is 12.4. The van der Waals surface area contributed by atoms with Gasteiger partial charge in [0, 0.05) is 50.0 Å². The van der Waals surface area contributed by atoms with E-state index in [0.29, 0.717) is 18.7 Å². The number of aromatic nitrogens is 1. The second-order valence-electron chi connectivity index (χ2n) is 6.14. The fraction of sp³-hybridized carbons (Fsp3) is 0.333. The molecule has 2 aliphatic heterocycles. The van der Waals surface area contributed by atoms with Crippen molar-refractivity contribution in [2.75, 3.05) is 26.3 Å². The Hall–Kier alpha value is -2.40. The van der Waals surface area contributed by atoms with Gasteiger partial charge in [-0.2, -0.15) is 0 Å². The Morgan fingerprint density at radius 2 is 2.13 bits per heavy atom. The number of carbonyl (C=O) groups excluding carboxylic acids is 1. The predicted octanol–water partition coefficient (Wildman–Crippen LogP) is 1.75. The van der Waals surface area contributed by atoms with Crippen LogP contribution < -0.4 is 4.74 Å². The molecule has 0 spiro atoms. The highest BCUT2D eigenvalue weighted by Gasteiger charge is 2.30. The Labute approximate surface area is 134 Å². The Balaban J connectivity index is 1.58. The van der Waals surface area contributed by atoms with E-state index < -0.39 is 0 Å². The lowest BCUT2D eigenvalue weighted by atomic mass is 9.99. The molecule has 23 heavy (non-hydrogen) atoms.